The molecule has 2 rings (SSSR count). The molecule has 2 aliphatic carbocycles. The third-order valence-electron chi connectivity index (χ3n) is 3.55. The summed E-state index contributed by atoms with van der Waals surface area (Å²) in [5.74, 6) is -0.977. The van der Waals surface area contributed by atoms with Crippen molar-refractivity contribution in [3.63, 3.8) is 0 Å². The lowest BCUT2D eigenvalue weighted by atomic mass is 10.0. The Labute approximate surface area is 108 Å². The Morgan fingerprint density at radius 1 is 1.28 bits per heavy atom. The quantitative estimate of drug-likeness (QED) is 0.580. The molecular weight excluding hydrogens is 228 g/mol. The molecule has 0 aliphatic heterocycles. The summed E-state index contributed by atoms with van der Waals surface area (Å²) in [6.07, 6.45) is 11.2. The van der Waals surface area contributed by atoms with Gasteiger partial charge in [-0.15, -0.1) is 0 Å². The third-order valence-corrected chi connectivity index (χ3v) is 3.55. The van der Waals surface area contributed by atoms with E-state index in [-0.39, 0.29) is 18.3 Å². The Morgan fingerprint density at radius 3 is 2.22 bits per heavy atom. The van der Waals surface area contributed by atoms with Crippen molar-refractivity contribution in [2.45, 2.75) is 44.6 Å². The van der Waals surface area contributed by atoms with E-state index in [1.54, 1.807) is 0 Å². The molecule has 0 aromatic rings. The van der Waals surface area contributed by atoms with Gasteiger partial charge in [-0.1, -0.05) is 18.7 Å². The lowest BCUT2D eigenvalue weighted by Gasteiger charge is -2.21. The van der Waals surface area contributed by atoms with Gasteiger partial charge in [-0.3, -0.25) is 0 Å². The molecule has 3 nitrogen and oxygen atoms in total. The van der Waals surface area contributed by atoms with Gasteiger partial charge in [0.1, 0.15) is 6.10 Å². The maximum Gasteiger partial charge on any atom is 0.333 e. The van der Waals surface area contributed by atoms with Gasteiger partial charge in [-0.25, -0.2) is 4.79 Å². The minimum absolute atomic E-state index is 0.00824. The van der Waals surface area contributed by atoms with E-state index in [9.17, 15) is 4.79 Å². The fraction of sp³-hybridized carbons (Fsp3) is 0.533. The van der Waals surface area contributed by atoms with Gasteiger partial charge in [0.05, 0.1) is 12.2 Å². The van der Waals surface area contributed by atoms with Gasteiger partial charge in [0, 0.05) is 0 Å². The fourth-order valence-corrected chi connectivity index (χ4v) is 2.57. The summed E-state index contributed by atoms with van der Waals surface area (Å²) < 4.78 is 5.82. The van der Waals surface area contributed by atoms with Crippen molar-refractivity contribution in [3.8, 4) is 0 Å². The van der Waals surface area contributed by atoms with Crippen LogP contribution in [0.25, 0.3) is 0 Å². The zero-order valence-corrected chi connectivity index (χ0v) is 10.7. The smallest absolute Gasteiger partial charge is 0.333 e. The number of rotatable bonds is 6. The molecule has 0 atom stereocenters. The third kappa shape index (κ3) is 3.10. The largest absolute Gasteiger partial charge is 0.478 e. The van der Waals surface area contributed by atoms with Crippen LogP contribution in [-0.4, -0.2) is 23.8 Å². The Hall–Kier alpha value is -1.35. The van der Waals surface area contributed by atoms with Crippen molar-refractivity contribution in [2.75, 3.05) is 6.61 Å². The molecule has 0 aromatic carbocycles. The lowest BCUT2D eigenvalue weighted by Crippen LogP contribution is -2.20. The van der Waals surface area contributed by atoms with E-state index in [2.05, 4.69) is 18.7 Å². The summed E-state index contributed by atoms with van der Waals surface area (Å²) in [7, 11) is 0. The van der Waals surface area contributed by atoms with Gasteiger partial charge in [-0.05, 0) is 49.7 Å². The second-order valence-corrected chi connectivity index (χ2v) is 4.94. The van der Waals surface area contributed by atoms with Crippen molar-refractivity contribution in [1.29, 1.82) is 0 Å². The van der Waals surface area contributed by atoms with Crippen LogP contribution in [0.5, 0.6) is 0 Å². The molecule has 0 bridgehead atoms. The SMILES string of the molecule is C=C(COC(C1=CCCC1)C1=CCCC1)C(=O)O. The predicted molar refractivity (Wildman–Crippen MR) is 70.4 cm³/mol. The zero-order valence-electron chi connectivity index (χ0n) is 10.7. The molecule has 0 saturated carbocycles. The molecule has 18 heavy (non-hydrogen) atoms. The number of allylic oxidation sites excluding steroid dienone is 2. The number of hydrogen-bond acceptors (Lipinski definition) is 2. The van der Waals surface area contributed by atoms with Gasteiger partial charge in [0.25, 0.3) is 0 Å². The molecule has 1 N–H and O–H groups in total. The topological polar surface area (TPSA) is 46.5 Å². The molecule has 0 heterocycles. The van der Waals surface area contributed by atoms with Crippen LogP contribution in [0.1, 0.15) is 38.5 Å². The first-order valence-electron chi connectivity index (χ1n) is 6.59. The van der Waals surface area contributed by atoms with Crippen LogP contribution < -0.4 is 0 Å². The molecule has 0 fully saturated rings. The summed E-state index contributed by atoms with van der Waals surface area (Å²) >= 11 is 0. The standard InChI is InChI=1S/C15H20O3/c1-11(15(16)17)10-18-14(12-6-2-3-7-12)13-8-4-5-9-13/h6,8,14H,1-5,7,9-10H2,(H,16,17). The van der Waals surface area contributed by atoms with Crippen molar-refractivity contribution >= 4 is 5.97 Å². The molecule has 0 radical (unpaired) electrons. The first-order chi connectivity index (χ1) is 8.68. The highest BCUT2D eigenvalue weighted by atomic mass is 16.5. The van der Waals surface area contributed by atoms with Gasteiger partial charge in [0.2, 0.25) is 0 Å². The average Bonchev–Trinajstić information content (AvgIpc) is 3.01. The molecule has 2 aliphatic rings. The van der Waals surface area contributed by atoms with Crippen LogP contribution in [0, 0.1) is 0 Å². The number of aliphatic carboxylic acids is 1. The van der Waals surface area contributed by atoms with E-state index in [4.69, 9.17) is 9.84 Å². The van der Waals surface area contributed by atoms with Crippen LogP contribution in [0.3, 0.4) is 0 Å². The highest BCUT2D eigenvalue weighted by Gasteiger charge is 2.24. The number of hydrogen-bond donors (Lipinski definition) is 1. The van der Waals surface area contributed by atoms with Crippen LogP contribution in [0.15, 0.2) is 35.5 Å². The Bertz CT molecular complexity index is 380. The van der Waals surface area contributed by atoms with Crippen molar-refractivity contribution < 1.29 is 14.6 Å². The summed E-state index contributed by atoms with van der Waals surface area (Å²) in [6.45, 7) is 3.62. The van der Waals surface area contributed by atoms with Crippen LogP contribution in [0.4, 0.5) is 0 Å². The predicted octanol–water partition coefficient (Wildman–Crippen LogP) is 3.23. The number of ether oxygens (including phenoxy) is 1. The second kappa shape index (κ2) is 6.01. The first kappa shape index (κ1) is 13.1. The summed E-state index contributed by atoms with van der Waals surface area (Å²) in [5.41, 5.74) is 2.76. The zero-order chi connectivity index (χ0) is 13.0. The number of carboxylic acids is 1. The second-order valence-electron chi connectivity index (χ2n) is 4.94. The van der Waals surface area contributed by atoms with E-state index in [0.29, 0.717) is 0 Å². The monoisotopic (exact) mass is 248 g/mol. The summed E-state index contributed by atoms with van der Waals surface area (Å²) in [6, 6.07) is 0. The number of carbonyl (C=O) groups is 1. The minimum atomic E-state index is -0.977. The highest BCUT2D eigenvalue weighted by molar-refractivity contribution is 5.86. The number of carboxylic acid groups (broad SMARTS) is 1. The normalized spacial score (nSPS) is 18.9. The minimum Gasteiger partial charge on any atom is -0.478 e. The fourth-order valence-electron chi connectivity index (χ4n) is 2.57. The van der Waals surface area contributed by atoms with E-state index in [1.807, 2.05) is 0 Å². The average molecular weight is 248 g/mol. The maximum absolute atomic E-state index is 10.7. The van der Waals surface area contributed by atoms with Crippen LogP contribution in [-0.2, 0) is 9.53 Å². The van der Waals surface area contributed by atoms with E-state index >= 15 is 0 Å². The summed E-state index contributed by atoms with van der Waals surface area (Å²) in [5, 5.41) is 8.82. The molecule has 0 unspecified atom stereocenters. The van der Waals surface area contributed by atoms with Crippen molar-refractivity contribution in [1.82, 2.24) is 0 Å². The van der Waals surface area contributed by atoms with Crippen LogP contribution in [0.2, 0.25) is 0 Å². The lowest BCUT2D eigenvalue weighted by molar-refractivity contribution is -0.133. The Morgan fingerprint density at radius 2 is 1.83 bits per heavy atom. The molecule has 0 aromatic heterocycles. The van der Waals surface area contributed by atoms with E-state index in [0.717, 1.165) is 25.7 Å². The van der Waals surface area contributed by atoms with Gasteiger partial charge >= 0.3 is 5.97 Å². The molecular formula is C15H20O3. The molecule has 0 amide bonds. The molecule has 3 heteroatoms. The van der Waals surface area contributed by atoms with Crippen molar-refractivity contribution in [2.24, 2.45) is 0 Å². The summed E-state index contributed by atoms with van der Waals surface area (Å²) in [4.78, 5) is 10.7. The van der Waals surface area contributed by atoms with Crippen molar-refractivity contribution in [3.05, 3.63) is 35.5 Å². The van der Waals surface area contributed by atoms with E-state index < -0.39 is 5.97 Å². The van der Waals surface area contributed by atoms with Gasteiger partial charge < -0.3 is 9.84 Å². The van der Waals surface area contributed by atoms with Crippen LogP contribution >= 0.6 is 0 Å². The van der Waals surface area contributed by atoms with E-state index in [1.165, 1.54) is 24.0 Å². The maximum atomic E-state index is 10.7. The van der Waals surface area contributed by atoms with Gasteiger partial charge in [-0.2, -0.15) is 0 Å². The Balaban J connectivity index is 2.00. The Kier molecular flexibility index (Phi) is 4.37. The molecule has 98 valence electrons. The van der Waals surface area contributed by atoms with Gasteiger partial charge in [0.15, 0.2) is 0 Å². The molecule has 0 saturated heterocycles. The highest BCUT2D eigenvalue weighted by Crippen LogP contribution is 2.32. The molecule has 0 spiro atoms. The first-order valence-corrected chi connectivity index (χ1v) is 6.59.